The first-order chi connectivity index (χ1) is 7.72. The minimum Gasteiger partial charge on any atom is -0.325 e. The van der Waals surface area contributed by atoms with Crippen molar-refractivity contribution in [2.24, 2.45) is 0 Å². The van der Waals surface area contributed by atoms with Crippen LogP contribution in [0.2, 0.25) is 0 Å². The minimum absolute atomic E-state index is 0.216. The molecule has 1 spiro atoms. The first-order valence-electron chi connectivity index (χ1n) is 5.73. The molecule has 0 aliphatic carbocycles. The van der Waals surface area contributed by atoms with E-state index >= 15 is 0 Å². The van der Waals surface area contributed by atoms with Crippen molar-refractivity contribution in [3.05, 3.63) is 23.8 Å². The van der Waals surface area contributed by atoms with Gasteiger partial charge in [-0.25, -0.2) is 0 Å². The molecule has 0 unspecified atom stereocenters. The third-order valence-electron chi connectivity index (χ3n) is 3.72. The van der Waals surface area contributed by atoms with Crippen LogP contribution in [0.25, 0.3) is 0 Å². The van der Waals surface area contributed by atoms with Crippen molar-refractivity contribution in [1.82, 2.24) is 0 Å². The molecule has 4 heteroatoms. The number of hydrogen-bond donors (Lipinski definition) is 1. The maximum absolute atomic E-state index is 12.2. The van der Waals surface area contributed by atoms with Gasteiger partial charge in [0.1, 0.15) is 7.85 Å². The highest BCUT2D eigenvalue weighted by atomic mass is 32.2. The van der Waals surface area contributed by atoms with Crippen molar-refractivity contribution in [3.8, 4) is 0 Å². The van der Waals surface area contributed by atoms with Crippen LogP contribution >= 0.6 is 11.8 Å². The Balaban J connectivity index is 2.13. The molecule has 1 amide bonds. The normalized spacial score (nSPS) is 21.9. The van der Waals surface area contributed by atoms with Crippen molar-refractivity contribution in [2.75, 3.05) is 16.8 Å². The van der Waals surface area contributed by atoms with E-state index < -0.39 is 0 Å². The summed E-state index contributed by atoms with van der Waals surface area (Å²) >= 11 is 1.96. The Kier molecular flexibility index (Phi) is 2.28. The number of anilines is 1. The zero-order valence-electron chi connectivity index (χ0n) is 9.38. The monoisotopic (exact) mass is 231 g/mol. The van der Waals surface area contributed by atoms with Gasteiger partial charge in [-0.2, -0.15) is 11.8 Å². The lowest BCUT2D eigenvalue weighted by Gasteiger charge is -2.31. The minimum atomic E-state index is -0.216. The standard InChI is InChI=1S/C12H14BNOS/c13-8-1-2-10-9(7-8)12(11(15)14-10)3-5-16-6-4-12/h1-2,7H,3-6,13H2,(H,14,15). The Morgan fingerprint density at radius 3 is 2.81 bits per heavy atom. The van der Waals surface area contributed by atoms with Crippen molar-refractivity contribution >= 4 is 36.7 Å². The maximum atomic E-state index is 12.2. The van der Waals surface area contributed by atoms with Gasteiger partial charge >= 0.3 is 0 Å². The number of hydrogen-bond acceptors (Lipinski definition) is 2. The van der Waals surface area contributed by atoms with Crippen LogP contribution in [-0.2, 0) is 10.2 Å². The lowest BCUT2D eigenvalue weighted by atomic mass is 9.75. The van der Waals surface area contributed by atoms with Crippen LogP contribution in [0.5, 0.6) is 0 Å². The fourth-order valence-electron chi connectivity index (χ4n) is 2.74. The molecule has 2 heterocycles. The summed E-state index contributed by atoms with van der Waals surface area (Å²) < 4.78 is 0. The fraction of sp³-hybridized carbons (Fsp3) is 0.417. The highest BCUT2D eigenvalue weighted by molar-refractivity contribution is 7.99. The smallest absolute Gasteiger partial charge is 0.235 e. The Hall–Kier alpha value is -0.895. The molecule has 1 aromatic carbocycles. The number of benzene rings is 1. The zero-order valence-corrected chi connectivity index (χ0v) is 10.2. The van der Waals surface area contributed by atoms with Crippen molar-refractivity contribution in [3.63, 3.8) is 0 Å². The lowest BCUT2D eigenvalue weighted by Crippen LogP contribution is -2.38. The number of nitrogens with one attached hydrogen (secondary N) is 1. The molecule has 82 valence electrons. The molecule has 1 fully saturated rings. The van der Waals surface area contributed by atoms with Gasteiger partial charge in [0.2, 0.25) is 5.91 Å². The Morgan fingerprint density at radius 2 is 2.06 bits per heavy atom. The van der Waals surface area contributed by atoms with Crippen LogP contribution in [0.3, 0.4) is 0 Å². The molecule has 2 aliphatic rings. The molecular weight excluding hydrogens is 217 g/mol. The van der Waals surface area contributed by atoms with Gasteiger partial charge < -0.3 is 5.32 Å². The van der Waals surface area contributed by atoms with Crippen LogP contribution in [0.15, 0.2) is 18.2 Å². The van der Waals surface area contributed by atoms with Gasteiger partial charge in [0.25, 0.3) is 0 Å². The quantitative estimate of drug-likeness (QED) is 0.664. The molecule has 0 radical (unpaired) electrons. The van der Waals surface area contributed by atoms with E-state index in [1.165, 1.54) is 11.0 Å². The predicted octanol–water partition coefficient (Wildman–Crippen LogP) is 0.662. The molecule has 0 saturated carbocycles. The third kappa shape index (κ3) is 1.32. The largest absolute Gasteiger partial charge is 0.325 e. The summed E-state index contributed by atoms with van der Waals surface area (Å²) in [4.78, 5) is 12.2. The molecule has 1 aromatic rings. The topological polar surface area (TPSA) is 29.1 Å². The molecule has 1 N–H and O–H groups in total. The fourth-order valence-corrected chi connectivity index (χ4v) is 3.93. The van der Waals surface area contributed by atoms with Crippen LogP contribution in [-0.4, -0.2) is 25.3 Å². The van der Waals surface area contributed by atoms with E-state index in [-0.39, 0.29) is 11.3 Å². The number of fused-ring (bicyclic) bond motifs is 2. The van der Waals surface area contributed by atoms with Gasteiger partial charge in [0.15, 0.2) is 0 Å². The summed E-state index contributed by atoms with van der Waals surface area (Å²) in [6.07, 6.45) is 1.97. The van der Waals surface area contributed by atoms with Crippen molar-refractivity contribution in [2.45, 2.75) is 18.3 Å². The second-order valence-electron chi connectivity index (χ2n) is 4.70. The average molecular weight is 231 g/mol. The van der Waals surface area contributed by atoms with E-state index in [9.17, 15) is 4.79 Å². The molecule has 1 saturated heterocycles. The molecule has 0 bridgehead atoms. The highest BCUT2D eigenvalue weighted by Crippen LogP contribution is 2.45. The Labute approximate surface area is 101 Å². The first-order valence-corrected chi connectivity index (χ1v) is 6.88. The Morgan fingerprint density at radius 1 is 1.31 bits per heavy atom. The summed E-state index contributed by atoms with van der Waals surface area (Å²) in [5.74, 6) is 2.41. The van der Waals surface area contributed by atoms with E-state index in [2.05, 4.69) is 25.3 Å². The van der Waals surface area contributed by atoms with Crippen LogP contribution < -0.4 is 10.8 Å². The summed E-state index contributed by atoms with van der Waals surface area (Å²) in [5, 5.41) is 3.04. The number of carbonyl (C=O) groups excluding carboxylic acids is 1. The van der Waals surface area contributed by atoms with E-state index in [0.29, 0.717) is 0 Å². The van der Waals surface area contributed by atoms with Gasteiger partial charge in [0, 0.05) is 5.69 Å². The number of amides is 1. The second-order valence-corrected chi connectivity index (χ2v) is 5.92. The van der Waals surface area contributed by atoms with Crippen LogP contribution in [0.4, 0.5) is 5.69 Å². The van der Waals surface area contributed by atoms with E-state index in [0.717, 1.165) is 30.0 Å². The summed E-state index contributed by atoms with van der Waals surface area (Å²) in [6, 6.07) is 6.29. The van der Waals surface area contributed by atoms with Gasteiger partial charge in [-0.1, -0.05) is 17.6 Å². The zero-order chi connectivity index (χ0) is 11.2. The first kappa shape index (κ1) is 10.3. The molecule has 0 atom stereocenters. The highest BCUT2D eigenvalue weighted by Gasteiger charge is 2.47. The number of rotatable bonds is 0. The second kappa shape index (κ2) is 3.55. The van der Waals surface area contributed by atoms with E-state index in [4.69, 9.17) is 0 Å². The molecule has 2 nitrogen and oxygen atoms in total. The van der Waals surface area contributed by atoms with E-state index in [1.807, 2.05) is 17.8 Å². The maximum Gasteiger partial charge on any atom is 0.235 e. The molecule has 2 aliphatic heterocycles. The van der Waals surface area contributed by atoms with Crippen molar-refractivity contribution in [1.29, 1.82) is 0 Å². The van der Waals surface area contributed by atoms with Gasteiger partial charge in [-0.15, -0.1) is 0 Å². The van der Waals surface area contributed by atoms with Crippen LogP contribution in [0, 0.1) is 0 Å². The van der Waals surface area contributed by atoms with Crippen molar-refractivity contribution < 1.29 is 4.79 Å². The molecule has 3 rings (SSSR count). The number of carbonyl (C=O) groups is 1. The van der Waals surface area contributed by atoms with Crippen LogP contribution in [0.1, 0.15) is 18.4 Å². The SMILES string of the molecule is Bc1ccc2c(c1)C1(CCSCC1)C(=O)N2. The average Bonchev–Trinajstić information content (AvgIpc) is 2.55. The predicted molar refractivity (Wildman–Crippen MR) is 71.5 cm³/mol. The van der Waals surface area contributed by atoms with Gasteiger partial charge in [-0.05, 0) is 36.0 Å². The summed E-state index contributed by atoms with van der Waals surface area (Å²) in [5.41, 5.74) is 3.29. The molecular formula is C12H14BNOS. The summed E-state index contributed by atoms with van der Waals surface area (Å²) in [6.45, 7) is 0. The Bertz CT molecular complexity index is 454. The van der Waals surface area contributed by atoms with E-state index in [1.54, 1.807) is 0 Å². The summed E-state index contributed by atoms with van der Waals surface area (Å²) in [7, 11) is 2.09. The lowest BCUT2D eigenvalue weighted by molar-refractivity contribution is -0.121. The van der Waals surface area contributed by atoms with Gasteiger partial charge in [0.05, 0.1) is 5.41 Å². The third-order valence-corrected chi connectivity index (χ3v) is 4.71. The molecule has 16 heavy (non-hydrogen) atoms. The number of thioether (sulfide) groups is 1. The molecule has 0 aromatic heterocycles. The van der Waals surface area contributed by atoms with Gasteiger partial charge in [-0.3, -0.25) is 4.79 Å².